The number of fused-ring (bicyclic) bond motifs is 1. The van der Waals surface area contributed by atoms with Crippen LogP contribution in [-0.4, -0.2) is 40.1 Å². The summed E-state index contributed by atoms with van der Waals surface area (Å²) in [5.74, 6) is -3.19. The Morgan fingerprint density at radius 3 is 2.08 bits per heavy atom. The van der Waals surface area contributed by atoms with Crippen molar-refractivity contribution in [2.75, 3.05) is 13.7 Å². The number of carbonyl (C=O) groups excluding carboxylic acids is 2. The van der Waals surface area contributed by atoms with Crippen LogP contribution in [0, 0.1) is 20.2 Å². The van der Waals surface area contributed by atoms with Crippen LogP contribution < -0.4 is 20.5 Å². The normalized spacial score (nSPS) is 15.1. The lowest BCUT2D eigenvalue weighted by Gasteiger charge is -2.26. The third-order valence-corrected chi connectivity index (χ3v) is 7.00. The number of nitrogens with zero attached hydrogens (tertiary/aromatic N) is 3. The predicted molar refractivity (Wildman–Crippen MR) is 140 cm³/mol. The molecule has 0 unspecified atom stereocenters. The van der Waals surface area contributed by atoms with Gasteiger partial charge in [0.2, 0.25) is 0 Å². The number of aromatic nitrogens is 1. The molecule has 1 aliphatic heterocycles. The largest absolute Gasteiger partial charge is 0.466 e. The fraction of sp³-hybridized carbons (Fsp3) is 0.160. The van der Waals surface area contributed by atoms with Gasteiger partial charge in [0.25, 0.3) is 16.9 Å². The topological polar surface area (TPSA) is 187 Å². The highest BCUT2D eigenvalue weighted by Crippen LogP contribution is 2.38. The molecule has 0 radical (unpaired) electrons. The maximum Gasteiger partial charge on any atom is 0.338 e. The van der Waals surface area contributed by atoms with Crippen molar-refractivity contribution in [2.24, 2.45) is 5.73 Å². The second kappa shape index (κ2) is 10.7. The van der Waals surface area contributed by atoms with Crippen LogP contribution in [0.3, 0.4) is 0 Å². The first kappa shape index (κ1) is 26.9. The van der Waals surface area contributed by atoms with Crippen LogP contribution in [0.25, 0.3) is 17.5 Å². The molecule has 3 aromatic rings. The van der Waals surface area contributed by atoms with Gasteiger partial charge in [0, 0.05) is 24.3 Å². The molecule has 14 heteroatoms. The van der Waals surface area contributed by atoms with Crippen molar-refractivity contribution >= 4 is 52.1 Å². The molecular weight excluding hydrogens is 532 g/mol. The number of thiazole rings is 1. The minimum atomic E-state index is -1.16. The van der Waals surface area contributed by atoms with E-state index in [1.807, 2.05) is 0 Å². The van der Waals surface area contributed by atoms with Crippen LogP contribution in [-0.2, 0) is 19.1 Å². The minimum absolute atomic E-state index is 0.0144. The van der Waals surface area contributed by atoms with Crippen molar-refractivity contribution in [3.8, 4) is 0 Å². The summed E-state index contributed by atoms with van der Waals surface area (Å²) in [6.07, 6.45) is 1.47. The van der Waals surface area contributed by atoms with Gasteiger partial charge in [-0.15, -0.1) is 11.3 Å². The molecular formula is C25H20N4O9S. The molecule has 1 atom stereocenters. The van der Waals surface area contributed by atoms with E-state index in [1.54, 1.807) is 6.92 Å². The molecule has 0 amide bonds. The highest BCUT2D eigenvalue weighted by molar-refractivity contribution is 7.07. The zero-order valence-electron chi connectivity index (χ0n) is 20.5. The van der Waals surface area contributed by atoms with Crippen LogP contribution in [0.15, 0.2) is 58.9 Å². The zero-order chi connectivity index (χ0) is 28.4. The fourth-order valence-corrected chi connectivity index (χ4v) is 5.29. The van der Waals surface area contributed by atoms with Crippen molar-refractivity contribution in [2.45, 2.75) is 12.8 Å². The average Bonchev–Trinajstić information content (AvgIpc) is 3.24. The minimum Gasteiger partial charge on any atom is -0.466 e. The lowest BCUT2D eigenvalue weighted by atomic mass is 9.83. The number of benzene rings is 2. The van der Waals surface area contributed by atoms with E-state index in [1.165, 1.54) is 54.6 Å². The van der Waals surface area contributed by atoms with E-state index in [9.17, 15) is 34.6 Å². The highest BCUT2D eigenvalue weighted by Gasteiger charge is 2.39. The van der Waals surface area contributed by atoms with Crippen molar-refractivity contribution in [1.29, 1.82) is 0 Å². The number of carbonyl (C=O) groups is 2. The smallest absolute Gasteiger partial charge is 0.338 e. The second-order valence-corrected chi connectivity index (χ2v) is 9.14. The summed E-state index contributed by atoms with van der Waals surface area (Å²) >= 11 is 0.910. The van der Waals surface area contributed by atoms with Crippen molar-refractivity contribution in [3.63, 3.8) is 0 Å². The lowest BCUT2D eigenvalue weighted by Crippen LogP contribution is -2.41. The van der Waals surface area contributed by atoms with Crippen LogP contribution in [0.5, 0.6) is 0 Å². The van der Waals surface area contributed by atoms with Gasteiger partial charge in [-0.25, -0.2) is 9.59 Å². The highest BCUT2D eigenvalue weighted by atomic mass is 32.1. The van der Waals surface area contributed by atoms with Crippen LogP contribution in [0.1, 0.15) is 24.0 Å². The molecule has 13 nitrogen and oxygen atoms in total. The Morgan fingerprint density at radius 1 is 1.00 bits per heavy atom. The first-order valence-electron chi connectivity index (χ1n) is 11.3. The molecule has 2 aromatic carbocycles. The average molecular weight is 553 g/mol. The number of rotatable bonds is 7. The molecule has 2 heterocycles. The van der Waals surface area contributed by atoms with Gasteiger partial charge in [0.05, 0.1) is 45.2 Å². The standard InChI is InChI=1S/C25H20N4O9S/c1-3-38-25(32)20-18(14-6-10-16(11-7-14)29(35)36)19(24(31)37-2)21(26)27-22(30)17(39-23(20)27)12-13-4-8-15(9-5-13)28(33)34/h4-12,18H,3,26H2,1-2H3/b17-12+/t18-/m0/s1. The molecule has 0 saturated carbocycles. The summed E-state index contributed by atoms with van der Waals surface area (Å²) in [4.78, 5) is 60.7. The number of ether oxygens (including phenoxy) is 2. The van der Waals surface area contributed by atoms with Gasteiger partial charge in [-0.3, -0.25) is 29.6 Å². The summed E-state index contributed by atoms with van der Waals surface area (Å²) < 4.78 is 11.4. The van der Waals surface area contributed by atoms with Gasteiger partial charge < -0.3 is 15.2 Å². The summed E-state index contributed by atoms with van der Waals surface area (Å²) in [6.45, 7) is 1.57. The van der Waals surface area contributed by atoms with Gasteiger partial charge in [0.15, 0.2) is 0 Å². The quantitative estimate of drug-likeness (QED) is 0.255. The zero-order valence-corrected chi connectivity index (χ0v) is 21.3. The molecule has 0 spiro atoms. The van der Waals surface area contributed by atoms with Crippen molar-refractivity contribution < 1.29 is 28.9 Å². The Hall–Kier alpha value is -5.11. The number of nitrogens with two attached hydrogens (primary N) is 1. The molecule has 0 fully saturated rings. The maximum atomic E-state index is 13.5. The van der Waals surface area contributed by atoms with E-state index in [-0.39, 0.29) is 44.1 Å². The van der Waals surface area contributed by atoms with E-state index < -0.39 is 33.3 Å². The molecule has 0 bridgehead atoms. The lowest BCUT2D eigenvalue weighted by molar-refractivity contribution is -0.385. The Morgan fingerprint density at radius 2 is 1.56 bits per heavy atom. The fourth-order valence-electron chi connectivity index (χ4n) is 4.13. The van der Waals surface area contributed by atoms with Crippen LogP contribution in [0.4, 0.5) is 11.4 Å². The van der Waals surface area contributed by atoms with Gasteiger partial charge in [-0.05, 0) is 36.3 Å². The van der Waals surface area contributed by atoms with E-state index in [4.69, 9.17) is 15.2 Å². The predicted octanol–water partition coefficient (Wildman–Crippen LogP) is 1.37. The number of nitro groups is 2. The molecule has 39 heavy (non-hydrogen) atoms. The van der Waals surface area contributed by atoms with Gasteiger partial charge in [-0.1, -0.05) is 12.1 Å². The van der Waals surface area contributed by atoms with E-state index >= 15 is 0 Å². The number of hydrogen-bond donors (Lipinski definition) is 1. The molecule has 2 N–H and O–H groups in total. The first-order chi connectivity index (χ1) is 18.6. The molecule has 1 aromatic heterocycles. The van der Waals surface area contributed by atoms with Crippen LogP contribution >= 0.6 is 11.3 Å². The molecule has 0 aliphatic carbocycles. The molecule has 200 valence electrons. The Balaban J connectivity index is 2.06. The van der Waals surface area contributed by atoms with Gasteiger partial charge >= 0.3 is 11.9 Å². The molecule has 1 aliphatic rings. The van der Waals surface area contributed by atoms with Gasteiger partial charge in [-0.2, -0.15) is 0 Å². The summed E-state index contributed by atoms with van der Waals surface area (Å²) in [5, 5.41) is 22.1. The molecule has 0 saturated heterocycles. The monoisotopic (exact) mass is 552 g/mol. The maximum absolute atomic E-state index is 13.5. The van der Waals surface area contributed by atoms with Crippen molar-refractivity contribution in [3.05, 3.63) is 105 Å². The number of hydrogen-bond acceptors (Lipinski definition) is 11. The number of non-ortho nitro benzene ring substituents is 2. The summed E-state index contributed by atoms with van der Waals surface area (Å²) in [6, 6.07) is 10.7. The van der Waals surface area contributed by atoms with E-state index in [0.29, 0.717) is 11.1 Å². The molecule has 4 rings (SSSR count). The van der Waals surface area contributed by atoms with E-state index in [0.717, 1.165) is 23.0 Å². The number of esters is 2. The Bertz CT molecular complexity index is 1720. The SMILES string of the molecule is CCOC(=O)C1=c2s/c(=C/c3ccc([N+](=O)[O-])cc3)c(=O)n2C(N)=C(C(=O)OC)[C@@H]1c1ccc([N+](=O)[O-])cc1. The Kier molecular flexibility index (Phi) is 7.40. The second-order valence-electron chi connectivity index (χ2n) is 8.11. The first-order valence-corrected chi connectivity index (χ1v) is 12.1. The third kappa shape index (κ3) is 4.92. The number of nitro benzene ring substituents is 2. The van der Waals surface area contributed by atoms with Crippen LogP contribution in [0.2, 0.25) is 0 Å². The third-order valence-electron chi connectivity index (χ3n) is 5.89. The van der Waals surface area contributed by atoms with E-state index in [2.05, 4.69) is 0 Å². The Labute approximate surface area is 223 Å². The number of methoxy groups -OCH3 is 1. The summed E-state index contributed by atoms with van der Waals surface area (Å²) in [7, 11) is 1.11. The van der Waals surface area contributed by atoms with Crippen molar-refractivity contribution in [1.82, 2.24) is 4.57 Å². The summed E-state index contributed by atoms with van der Waals surface area (Å²) in [5.41, 5.74) is 5.85. The van der Waals surface area contributed by atoms with Gasteiger partial charge in [0.1, 0.15) is 10.5 Å².